The molecule has 31 heavy (non-hydrogen) atoms. The second-order valence-electron chi connectivity index (χ2n) is 7.86. The highest BCUT2D eigenvalue weighted by Gasteiger charge is 2.27. The minimum Gasteiger partial charge on any atom is -0.497 e. The Morgan fingerprint density at radius 3 is 2.58 bits per heavy atom. The molecule has 0 spiro atoms. The van der Waals surface area contributed by atoms with Crippen molar-refractivity contribution in [3.63, 3.8) is 0 Å². The van der Waals surface area contributed by atoms with E-state index < -0.39 is 0 Å². The number of ether oxygens (including phenoxy) is 2. The Hall–Kier alpha value is -2.19. The van der Waals surface area contributed by atoms with Gasteiger partial charge in [0, 0.05) is 62.6 Å². The fraction of sp³-hybridized carbons (Fsp3) is 0.500. The van der Waals surface area contributed by atoms with Crippen LogP contribution in [-0.4, -0.2) is 66.0 Å². The van der Waals surface area contributed by atoms with Crippen molar-refractivity contribution in [2.24, 2.45) is 0 Å². The monoisotopic (exact) mass is 432 g/mol. The lowest BCUT2D eigenvalue weighted by Crippen LogP contribution is -2.52. The van der Waals surface area contributed by atoms with E-state index in [1.54, 1.807) is 12.1 Å². The summed E-state index contributed by atoms with van der Waals surface area (Å²) in [6.07, 6.45) is 0.638. The van der Waals surface area contributed by atoms with Crippen LogP contribution in [0.25, 0.3) is 0 Å². The SMILES string of the molecule is CCOc1ccc(CN2CCN(Cc3ccc(OC)cc3F)C(CCO)C2)cc1CO. The topological polar surface area (TPSA) is 65.4 Å². The van der Waals surface area contributed by atoms with Crippen LogP contribution in [0.2, 0.25) is 0 Å². The molecule has 0 amide bonds. The molecular formula is C24H33FN2O4. The molecule has 1 fully saturated rings. The maximum absolute atomic E-state index is 14.4. The minimum atomic E-state index is -0.268. The molecule has 7 heteroatoms. The van der Waals surface area contributed by atoms with Crippen LogP contribution < -0.4 is 9.47 Å². The average Bonchev–Trinajstić information content (AvgIpc) is 2.78. The minimum absolute atomic E-state index is 0.0580. The second-order valence-corrected chi connectivity index (χ2v) is 7.86. The molecule has 1 atom stereocenters. The van der Waals surface area contributed by atoms with Crippen molar-refractivity contribution in [3.05, 3.63) is 58.9 Å². The fourth-order valence-corrected chi connectivity index (χ4v) is 4.14. The van der Waals surface area contributed by atoms with Crippen LogP contribution in [0.5, 0.6) is 11.5 Å². The van der Waals surface area contributed by atoms with Gasteiger partial charge in [-0.1, -0.05) is 12.1 Å². The van der Waals surface area contributed by atoms with Crippen molar-refractivity contribution in [2.45, 2.75) is 39.1 Å². The second kappa shape index (κ2) is 11.4. The van der Waals surface area contributed by atoms with Gasteiger partial charge in [0.1, 0.15) is 17.3 Å². The van der Waals surface area contributed by atoms with E-state index in [1.165, 1.54) is 13.2 Å². The molecule has 2 N–H and O–H groups in total. The molecule has 1 unspecified atom stereocenters. The number of aliphatic hydroxyl groups is 2. The Balaban J connectivity index is 1.65. The number of hydrogen-bond acceptors (Lipinski definition) is 6. The molecule has 170 valence electrons. The van der Waals surface area contributed by atoms with Gasteiger partial charge in [-0.2, -0.15) is 0 Å². The van der Waals surface area contributed by atoms with Gasteiger partial charge in [-0.25, -0.2) is 4.39 Å². The number of halogens is 1. The molecule has 1 heterocycles. The fourth-order valence-electron chi connectivity index (χ4n) is 4.14. The first-order chi connectivity index (χ1) is 15.1. The first-order valence-corrected chi connectivity index (χ1v) is 10.8. The smallest absolute Gasteiger partial charge is 0.131 e. The lowest BCUT2D eigenvalue weighted by molar-refractivity contribution is 0.0492. The van der Waals surface area contributed by atoms with Crippen LogP contribution in [0.1, 0.15) is 30.0 Å². The Labute approximate surface area is 183 Å². The molecule has 1 aliphatic rings. The third-order valence-corrected chi connectivity index (χ3v) is 5.79. The zero-order valence-corrected chi connectivity index (χ0v) is 18.4. The van der Waals surface area contributed by atoms with Gasteiger partial charge in [0.2, 0.25) is 0 Å². The van der Waals surface area contributed by atoms with E-state index in [0.717, 1.165) is 43.1 Å². The highest BCUT2D eigenvalue weighted by atomic mass is 19.1. The summed E-state index contributed by atoms with van der Waals surface area (Å²) in [7, 11) is 1.53. The van der Waals surface area contributed by atoms with E-state index >= 15 is 0 Å². The van der Waals surface area contributed by atoms with Gasteiger partial charge in [-0.05, 0) is 37.1 Å². The first-order valence-electron chi connectivity index (χ1n) is 10.8. The molecule has 1 aliphatic heterocycles. The maximum Gasteiger partial charge on any atom is 0.131 e. The zero-order chi connectivity index (χ0) is 22.2. The number of piperazine rings is 1. The molecule has 6 nitrogen and oxygen atoms in total. The predicted octanol–water partition coefficient (Wildman–Crippen LogP) is 2.79. The molecule has 0 saturated carbocycles. The highest BCUT2D eigenvalue weighted by Crippen LogP contribution is 2.24. The average molecular weight is 433 g/mol. The summed E-state index contributed by atoms with van der Waals surface area (Å²) in [5, 5.41) is 19.2. The summed E-state index contributed by atoms with van der Waals surface area (Å²) < 4.78 is 25.1. The van der Waals surface area contributed by atoms with E-state index in [0.29, 0.717) is 30.9 Å². The summed E-state index contributed by atoms with van der Waals surface area (Å²) in [5.74, 6) is 0.962. The van der Waals surface area contributed by atoms with Crippen LogP contribution >= 0.6 is 0 Å². The van der Waals surface area contributed by atoms with Gasteiger partial charge < -0.3 is 19.7 Å². The molecule has 0 bridgehead atoms. The molecule has 0 radical (unpaired) electrons. The van der Waals surface area contributed by atoms with Crippen molar-refractivity contribution in [1.29, 1.82) is 0 Å². The first kappa shape index (κ1) is 23.5. The number of aliphatic hydroxyl groups excluding tert-OH is 2. The van der Waals surface area contributed by atoms with E-state index in [-0.39, 0.29) is 25.1 Å². The summed E-state index contributed by atoms with van der Waals surface area (Å²) in [5.41, 5.74) is 2.54. The van der Waals surface area contributed by atoms with Crippen molar-refractivity contribution in [3.8, 4) is 11.5 Å². The van der Waals surface area contributed by atoms with Crippen LogP contribution in [0.3, 0.4) is 0 Å². The molecule has 3 rings (SSSR count). The van der Waals surface area contributed by atoms with Crippen LogP contribution in [-0.2, 0) is 19.7 Å². The Bertz CT molecular complexity index is 848. The quantitative estimate of drug-likeness (QED) is 0.602. The van der Waals surface area contributed by atoms with Gasteiger partial charge in [-0.15, -0.1) is 0 Å². The maximum atomic E-state index is 14.4. The molecule has 0 aliphatic carbocycles. The molecule has 0 aromatic heterocycles. The predicted molar refractivity (Wildman–Crippen MR) is 118 cm³/mol. The van der Waals surface area contributed by atoms with Crippen molar-refractivity contribution < 1.29 is 24.1 Å². The van der Waals surface area contributed by atoms with E-state index in [4.69, 9.17) is 9.47 Å². The summed E-state index contributed by atoms with van der Waals surface area (Å²) >= 11 is 0. The summed E-state index contributed by atoms with van der Waals surface area (Å²) in [4.78, 5) is 4.59. The van der Waals surface area contributed by atoms with E-state index in [9.17, 15) is 14.6 Å². The number of hydrogen-bond donors (Lipinski definition) is 2. The van der Waals surface area contributed by atoms with Crippen LogP contribution in [0.4, 0.5) is 4.39 Å². The van der Waals surface area contributed by atoms with Crippen molar-refractivity contribution in [1.82, 2.24) is 9.80 Å². The standard InChI is InChI=1S/C24H33FN2O4/c1-3-31-24-7-4-18(12-20(24)17-29)14-26-9-10-27(21(16-26)8-11-28)15-19-5-6-22(30-2)13-23(19)25/h4-7,12-13,21,28-29H,3,8-11,14-17H2,1-2H3. The summed E-state index contributed by atoms with van der Waals surface area (Å²) in [6.45, 7) is 6.22. The highest BCUT2D eigenvalue weighted by molar-refractivity contribution is 5.37. The zero-order valence-electron chi connectivity index (χ0n) is 18.4. The number of rotatable bonds is 10. The lowest BCUT2D eigenvalue weighted by atomic mass is 10.0. The number of nitrogens with zero attached hydrogens (tertiary/aromatic N) is 2. The van der Waals surface area contributed by atoms with Crippen LogP contribution in [0, 0.1) is 5.82 Å². The van der Waals surface area contributed by atoms with Crippen molar-refractivity contribution >= 4 is 0 Å². The Morgan fingerprint density at radius 2 is 1.90 bits per heavy atom. The Morgan fingerprint density at radius 1 is 1.06 bits per heavy atom. The molecule has 2 aromatic rings. The van der Waals surface area contributed by atoms with Gasteiger partial charge >= 0.3 is 0 Å². The molecular weight excluding hydrogens is 399 g/mol. The van der Waals surface area contributed by atoms with Gasteiger partial charge in [0.15, 0.2) is 0 Å². The number of benzene rings is 2. The third-order valence-electron chi connectivity index (χ3n) is 5.79. The normalized spacial score (nSPS) is 17.6. The Kier molecular flexibility index (Phi) is 8.66. The summed E-state index contributed by atoms with van der Waals surface area (Å²) in [6, 6.07) is 11.0. The van der Waals surface area contributed by atoms with Crippen molar-refractivity contribution in [2.75, 3.05) is 40.0 Å². The largest absolute Gasteiger partial charge is 0.497 e. The van der Waals surface area contributed by atoms with E-state index in [1.807, 2.05) is 25.1 Å². The third kappa shape index (κ3) is 6.17. The van der Waals surface area contributed by atoms with Gasteiger partial charge in [-0.3, -0.25) is 9.80 Å². The molecule has 1 saturated heterocycles. The van der Waals surface area contributed by atoms with Gasteiger partial charge in [0.25, 0.3) is 0 Å². The van der Waals surface area contributed by atoms with E-state index in [2.05, 4.69) is 9.80 Å². The number of methoxy groups -OCH3 is 1. The lowest BCUT2D eigenvalue weighted by Gasteiger charge is -2.41. The van der Waals surface area contributed by atoms with Gasteiger partial charge in [0.05, 0.1) is 20.3 Å². The van der Waals surface area contributed by atoms with Crippen LogP contribution in [0.15, 0.2) is 36.4 Å². The molecule has 2 aromatic carbocycles.